The van der Waals surface area contributed by atoms with Gasteiger partial charge in [0, 0.05) is 31.6 Å². The lowest BCUT2D eigenvalue weighted by atomic mass is 9.78. The molecule has 2 aliphatic rings. The second-order valence-corrected chi connectivity index (χ2v) is 6.49. The Bertz CT molecular complexity index is 498. The van der Waals surface area contributed by atoms with Gasteiger partial charge in [0.05, 0.1) is 0 Å². The fourth-order valence-corrected chi connectivity index (χ4v) is 4.12. The van der Waals surface area contributed by atoms with Gasteiger partial charge in [-0.25, -0.2) is 9.97 Å². The third-order valence-corrected chi connectivity index (χ3v) is 5.23. The number of nitrogens with one attached hydrogen (secondary N) is 1. The van der Waals surface area contributed by atoms with E-state index in [1.165, 1.54) is 49.9 Å². The van der Waals surface area contributed by atoms with Crippen molar-refractivity contribution in [1.29, 1.82) is 0 Å². The van der Waals surface area contributed by atoms with Crippen LogP contribution < -0.4 is 10.2 Å². The van der Waals surface area contributed by atoms with E-state index in [2.05, 4.69) is 29.0 Å². The van der Waals surface area contributed by atoms with E-state index >= 15 is 0 Å². The summed E-state index contributed by atoms with van der Waals surface area (Å²) in [6, 6.07) is 0.704. The molecule has 0 aromatic carbocycles. The van der Waals surface area contributed by atoms with Gasteiger partial charge in [-0.1, -0.05) is 19.8 Å². The van der Waals surface area contributed by atoms with Crippen molar-refractivity contribution in [2.45, 2.75) is 64.8 Å². The standard InChI is InChI=1S/C17H28N4/c1-4-15-19-16(18-3)12(2)17(20-15)21-11-7-9-13-8-5-6-10-14(13)21/h13-14H,4-11H2,1-3H3,(H,18,19,20). The number of aromatic nitrogens is 2. The van der Waals surface area contributed by atoms with Crippen LogP contribution in [0.3, 0.4) is 0 Å². The van der Waals surface area contributed by atoms with Crippen molar-refractivity contribution in [1.82, 2.24) is 9.97 Å². The first-order valence-electron chi connectivity index (χ1n) is 8.56. The molecule has 1 saturated carbocycles. The number of aryl methyl sites for hydroxylation is 1. The fraction of sp³-hybridized carbons (Fsp3) is 0.765. The highest BCUT2D eigenvalue weighted by Gasteiger charge is 2.34. The molecule has 4 heteroatoms. The number of anilines is 2. The predicted molar refractivity (Wildman–Crippen MR) is 88.0 cm³/mol. The third kappa shape index (κ3) is 2.72. The highest BCUT2D eigenvalue weighted by molar-refractivity contribution is 5.59. The van der Waals surface area contributed by atoms with E-state index in [9.17, 15) is 0 Å². The van der Waals surface area contributed by atoms with Gasteiger partial charge in [-0.05, 0) is 38.5 Å². The molecule has 4 nitrogen and oxygen atoms in total. The zero-order valence-electron chi connectivity index (χ0n) is 13.7. The van der Waals surface area contributed by atoms with Gasteiger partial charge in [-0.2, -0.15) is 0 Å². The summed E-state index contributed by atoms with van der Waals surface area (Å²) >= 11 is 0. The van der Waals surface area contributed by atoms with Crippen molar-refractivity contribution >= 4 is 11.6 Å². The number of nitrogens with zero attached hydrogens (tertiary/aromatic N) is 3. The van der Waals surface area contributed by atoms with Crippen LogP contribution in [0, 0.1) is 12.8 Å². The van der Waals surface area contributed by atoms with E-state index in [4.69, 9.17) is 4.98 Å². The first-order chi connectivity index (χ1) is 10.2. The van der Waals surface area contributed by atoms with Gasteiger partial charge in [0.15, 0.2) is 0 Å². The van der Waals surface area contributed by atoms with E-state index in [0.717, 1.165) is 30.5 Å². The summed E-state index contributed by atoms with van der Waals surface area (Å²) in [7, 11) is 1.96. The molecule has 1 aliphatic heterocycles. The van der Waals surface area contributed by atoms with Crippen LogP contribution in [0.4, 0.5) is 11.6 Å². The van der Waals surface area contributed by atoms with Gasteiger partial charge < -0.3 is 10.2 Å². The first kappa shape index (κ1) is 14.6. The Morgan fingerprint density at radius 2 is 1.90 bits per heavy atom. The number of hydrogen-bond donors (Lipinski definition) is 1. The Morgan fingerprint density at radius 3 is 2.67 bits per heavy atom. The van der Waals surface area contributed by atoms with Crippen LogP contribution in [-0.4, -0.2) is 29.6 Å². The minimum Gasteiger partial charge on any atom is -0.373 e. The first-order valence-corrected chi connectivity index (χ1v) is 8.56. The lowest BCUT2D eigenvalue weighted by molar-refractivity contribution is 0.242. The van der Waals surface area contributed by atoms with Crippen LogP contribution in [0.1, 0.15) is 56.8 Å². The van der Waals surface area contributed by atoms with Gasteiger partial charge in [0.1, 0.15) is 17.5 Å². The van der Waals surface area contributed by atoms with Crippen LogP contribution in [0.5, 0.6) is 0 Å². The van der Waals surface area contributed by atoms with E-state index in [1.54, 1.807) is 0 Å². The molecule has 2 heterocycles. The second kappa shape index (κ2) is 6.20. The molecule has 1 N–H and O–H groups in total. The quantitative estimate of drug-likeness (QED) is 0.923. The maximum Gasteiger partial charge on any atom is 0.137 e. The van der Waals surface area contributed by atoms with Crippen molar-refractivity contribution in [2.75, 3.05) is 23.8 Å². The molecule has 1 saturated heterocycles. The molecule has 116 valence electrons. The monoisotopic (exact) mass is 288 g/mol. The van der Waals surface area contributed by atoms with E-state index in [0.29, 0.717) is 6.04 Å². The molecule has 0 spiro atoms. The zero-order chi connectivity index (χ0) is 14.8. The average molecular weight is 288 g/mol. The van der Waals surface area contributed by atoms with Gasteiger partial charge in [0.2, 0.25) is 0 Å². The van der Waals surface area contributed by atoms with Crippen LogP contribution in [-0.2, 0) is 6.42 Å². The number of fused-ring (bicyclic) bond motifs is 1. The zero-order valence-corrected chi connectivity index (χ0v) is 13.7. The Kier molecular flexibility index (Phi) is 4.32. The predicted octanol–water partition coefficient (Wildman–Crippen LogP) is 3.55. The van der Waals surface area contributed by atoms with E-state index in [-0.39, 0.29) is 0 Å². The van der Waals surface area contributed by atoms with Crippen molar-refractivity contribution in [3.05, 3.63) is 11.4 Å². The third-order valence-electron chi connectivity index (χ3n) is 5.23. The molecular formula is C17H28N4. The molecule has 1 aromatic rings. The molecule has 0 bridgehead atoms. The minimum atomic E-state index is 0.704. The number of rotatable bonds is 3. The average Bonchev–Trinajstić information content (AvgIpc) is 2.54. The van der Waals surface area contributed by atoms with E-state index in [1.807, 2.05) is 7.05 Å². The summed E-state index contributed by atoms with van der Waals surface area (Å²) in [6.45, 7) is 5.45. The molecule has 3 rings (SSSR count). The van der Waals surface area contributed by atoms with Crippen LogP contribution >= 0.6 is 0 Å². The topological polar surface area (TPSA) is 41.1 Å². The lowest BCUT2D eigenvalue weighted by Crippen LogP contribution is -2.47. The number of hydrogen-bond acceptors (Lipinski definition) is 4. The van der Waals surface area contributed by atoms with Crippen LogP contribution in [0.15, 0.2) is 0 Å². The molecule has 21 heavy (non-hydrogen) atoms. The largest absolute Gasteiger partial charge is 0.373 e. The fourth-order valence-electron chi connectivity index (χ4n) is 4.12. The molecular weight excluding hydrogens is 260 g/mol. The normalized spacial score (nSPS) is 25.6. The summed E-state index contributed by atoms with van der Waals surface area (Å²) < 4.78 is 0. The van der Waals surface area contributed by atoms with Crippen molar-refractivity contribution in [3.8, 4) is 0 Å². The Hall–Kier alpha value is -1.32. The summed E-state index contributed by atoms with van der Waals surface area (Å²) in [5.41, 5.74) is 1.21. The van der Waals surface area contributed by atoms with Crippen molar-refractivity contribution < 1.29 is 0 Å². The van der Waals surface area contributed by atoms with Gasteiger partial charge in [0.25, 0.3) is 0 Å². The smallest absolute Gasteiger partial charge is 0.137 e. The molecule has 2 fully saturated rings. The highest BCUT2D eigenvalue weighted by Crippen LogP contribution is 2.38. The van der Waals surface area contributed by atoms with E-state index < -0.39 is 0 Å². The second-order valence-electron chi connectivity index (χ2n) is 6.49. The summed E-state index contributed by atoms with van der Waals surface area (Å²) in [4.78, 5) is 12.1. The maximum absolute atomic E-state index is 4.89. The van der Waals surface area contributed by atoms with Crippen molar-refractivity contribution in [2.24, 2.45) is 5.92 Å². The van der Waals surface area contributed by atoms with Gasteiger partial charge >= 0.3 is 0 Å². The SMILES string of the molecule is CCc1nc(NC)c(C)c(N2CCCC3CCCCC32)n1. The molecule has 1 aromatic heterocycles. The Labute approximate surface area is 128 Å². The maximum atomic E-state index is 4.89. The van der Waals surface area contributed by atoms with Gasteiger partial charge in [-0.3, -0.25) is 0 Å². The molecule has 0 amide bonds. The molecule has 0 radical (unpaired) electrons. The molecule has 1 aliphatic carbocycles. The minimum absolute atomic E-state index is 0.704. The highest BCUT2D eigenvalue weighted by atomic mass is 15.2. The van der Waals surface area contributed by atoms with Crippen LogP contribution in [0.25, 0.3) is 0 Å². The van der Waals surface area contributed by atoms with Crippen LogP contribution in [0.2, 0.25) is 0 Å². The molecule has 2 unspecified atom stereocenters. The lowest BCUT2D eigenvalue weighted by Gasteiger charge is -2.45. The molecule has 2 atom stereocenters. The summed E-state index contributed by atoms with van der Waals surface area (Å²) in [6.07, 6.45) is 9.14. The Morgan fingerprint density at radius 1 is 1.14 bits per heavy atom. The Balaban J connectivity index is 1.97. The number of piperidine rings is 1. The summed E-state index contributed by atoms with van der Waals surface area (Å²) in [5.74, 6) is 4.01. The van der Waals surface area contributed by atoms with Gasteiger partial charge in [-0.15, -0.1) is 0 Å². The summed E-state index contributed by atoms with van der Waals surface area (Å²) in [5, 5.41) is 3.24. The van der Waals surface area contributed by atoms with Crippen molar-refractivity contribution in [3.63, 3.8) is 0 Å².